The minimum Gasteiger partial charge on any atom is -0.495 e. The van der Waals surface area contributed by atoms with Gasteiger partial charge in [0.1, 0.15) is 11.8 Å². The summed E-state index contributed by atoms with van der Waals surface area (Å²) in [4.78, 5) is 26.9. The third-order valence-corrected chi connectivity index (χ3v) is 4.33. The van der Waals surface area contributed by atoms with Crippen LogP contribution in [0, 0.1) is 0 Å². The average molecular weight is 389 g/mol. The molecule has 0 aliphatic carbocycles. The number of Topliss-reactive ketones (excluding diaryl/α,β-unsaturated/α-hetero) is 1. The number of hydrogen-bond donors (Lipinski definition) is 3. The number of ketones is 1. The number of carbonyl (C=O) groups is 2. The molecule has 2 aromatic carbocycles. The second-order valence-corrected chi connectivity index (χ2v) is 6.04. The van der Waals surface area contributed by atoms with Gasteiger partial charge < -0.3 is 20.1 Å². The number of aliphatic carboxylic acids is 1. The van der Waals surface area contributed by atoms with Crippen LogP contribution < -0.4 is 10.1 Å². The number of carboxylic acid groups (broad SMARTS) is 1. The van der Waals surface area contributed by atoms with Gasteiger partial charge in [-0.1, -0.05) is 24.3 Å². The zero-order valence-electron chi connectivity index (χ0n) is 15.0. The van der Waals surface area contributed by atoms with Crippen molar-refractivity contribution in [2.45, 2.75) is 19.4 Å². The predicted octanol–water partition coefficient (Wildman–Crippen LogP) is 3.91. The van der Waals surface area contributed by atoms with Crippen molar-refractivity contribution in [2.24, 2.45) is 0 Å². The third-order valence-electron chi connectivity index (χ3n) is 4.33. The normalized spacial score (nSPS) is 11.5. The van der Waals surface area contributed by atoms with Crippen molar-refractivity contribution >= 4 is 40.7 Å². The highest BCUT2D eigenvalue weighted by Gasteiger charge is 2.22. The lowest BCUT2D eigenvalue weighted by Crippen LogP contribution is -2.31. The van der Waals surface area contributed by atoms with Gasteiger partial charge in [-0.25, -0.2) is 4.79 Å². The second-order valence-electron chi connectivity index (χ2n) is 6.04. The largest absolute Gasteiger partial charge is 0.495 e. The third kappa shape index (κ3) is 4.23. The number of carbonyl (C=O) groups excluding carboxylic acids is 1. The van der Waals surface area contributed by atoms with Gasteiger partial charge in [-0.2, -0.15) is 0 Å². The first-order valence-electron chi connectivity index (χ1n) is 8.23. The number of methoxy groups -OCH3 is 1. The van der Waals surface area contributed by atoms with Gasteiger partial charge in [0.05, 0.1) is 12.8 Å². The fraction of sp³-hybridized carbons (Fsp3) is 0.200. The van der Waals surface area contributed by atoms with Crippen LogP contribution in [0.1, 0.15) is 22.8 Å². The Labute approximate surface area is 163 Å². The molecule has 1 atom stereocenters. The first-order chi connectivity index (χ1) is 12.5. The SMILES string of the molecule is COc1ccccc1NC(Cc1c[nH]c2cccc(C(C)=O)c12)C(=O)O.Cl. The van der Waals surface area contributed by atoms with E-state index in [9.17, 15) is 14.7 Å². The van der Waals surface area contributed by atoms with Crippen LogP contribution in [0.15, 0.2) is 48.7 Å². The number of aromatic amines is 1. The van der Waals surface area contributed by atoms with Crippen molar-refractivity contribution in [3.05, 3.63) is 59.8 Å². The van der Waals surface area contributed by atoms with E-state index in [1.807, 2.05) is 18.2 Å². The lowest BCUT2D eigenvalue weighted by Gasteiger charge is -2.18. The first kappa shape index (κ1) is 20.3. The van der Waals surface area contributed by atoms with Gasteiger partial charge in [-0.3, -0.25) is 4.79 Å². The standard InChI is InChI=1S/C20H20N2O4.ClH/c1-12(23)14-6-5-8-16-19(14)13(11-21-16)10-17(20(24)25)22-15-7-3-4-9-18(15)26-2;/h3-9,11,17,21-22H,10H2,1-2H3,(H,24,25);1H. The number of H-pyrrole nitrogens is 1. The van der Waals surface area contributed by atoms with E-state index in [1.165, 1.54) is 14.0 Å². The van der Waals surface area contributed by atoms with E-state index in [0.717, 1.165) is 16.5 Å². The summed E-state index contributed by atoms with van der Waals surface area (Å²) in [5, 5.41) is 13.5. The molecule has 0 aliphatic rings. The summed E-state index contributed by atoms with van der Waals surface area (Å²) in [5.41, 5.74) is 2.78. The number of aromatic nitrogens is 1. The molecule has 0 aliphatic heterocycles. The van der Waals surface area contributed by atoms with Crippen LogP contribution in [-0.4, -0.2) is 35.0 Å². The quantitative estimate of drug-likeness (QED) is 0.534. The van der Waals surface area contributed by atoms with E-state index < -0.39 is 12.0 Å². The number of rotatable bonds is 7. The molecule has 0 radical (unpaired) electrons. The molecule has 0 saturated heterocycles. The molecule has 1 heterocycles. The number of para-hydroxylation sites is 2. The van der Waals surface area contributed by atoms with Gasteiger partial charge in [-0.05, 0) is 30.7 Å². The zero-order chi connectivity index (χ0) is 18.7. The maximum absolute atomic E-state index is 11.9. The van der Waals surface area contributed by atoms with Gasteiger partial charge in [0, 0.05) is 29.1 Å². The fourth-order valence-corrected chi connectivity index (χ4v) is 3.08. The van der Waals surface area contributed by atoms with Gasteiger partial charge in [-0.15, -0.1) is 12.4 Å². The molecule has 142 valence electrons. The zero-order valence-corrected chi connectivity index (χ0v) is 15.8. The molecule has 1 unspecified atom stereocenters. The number of ether oxygens (including phenoxy) is 1. The minimum atomic E-state index is -0.981. The summed E-state index contributed by atoms with van der Waals surface area (Å²) in [7, 11) is 1.54. The Morgan fingerprint density at radius 1 is 1.19 bits per heavy atom. The maximum atomic E-state index is 11.9. The van der Waals surface area contributed by atoms with Crippen molar-refractivity contribution in [3.8, 4) is 5.75 Å². The number of anilines is 1. The molecule has 3 aromatic rings. The molecule has 0 amide bonds. The number of benzene rings is 2. The summed E-state index contributed by atoms with van der Waals surface area (Å²) in [6.45, 7) is 1.51. The van der Waals surface area contributed by atoms with E-state index in [0.29, 0.717) is 17.0 Å². The Hall–Kier alpha value is -2.99. The van der Waals surface area contributed by atoms with E-state index in [2.05, 4.69) is 10.3 Å². The number of carboxylic acids is 1. The lowest BCUT2D eigenvalue weighted by atomic mass is 9.99. The van der Waals surface area contributed by atoms with E-state index in [-0.39, 0.29) is 24.6 Å². The number of hydrogen-bond acceptors (Lipinski definition) is 4. The van der Waals surface area contributed by atoms with Crippen LogP contribution in [0.5, 0.6) is 5.75 Å². The van der Waals surface area contributed by atoms with Crippen molar-refractivity contribution in [1.82, 2.24) is 4.98 Å². The van der Waals surface area contributed by atoms with Crippen molar-refractivity contribution in [1.29, 1.82) is 0 Å². The van der Waals surface area contributed by atoms with Gasteiger partial charge >= 0.3 is 5.97 Å². The van der Waals surface area contributed by atoms with Crippen LogP contribution in [0.25, 0.3) is 10.9 Å². The Morgan fingerprint density at radius 3 is 2.59 bits per heavy atom. The lowest BCUT2D eigenvalue weighted by molar-refractivity contribution is -0.137. The van der Waals surface area contributed by atoms with E-state index in [1.54, 1.807) is 30.5 Å². The molecule has 0 fully saturated rings. The molecule has 7 heteroatoms. The highest BCUT2D eigenvalue weighted by atomic mass is 35.5. The summed E-state index contributed by atoms with van der Waals surface area (Å²) in [6.07, 6.45) is 1.98. The molecule has 0 spiro atoms. The summed E-state index contributed by atoms with van der Waals surface area (Å²) in [6, 6.07) is 11.7. The second kappa shape index (κ2) is 8.60. The topological polar surface area (TPSA) is 91.4 Å². The minimum absolute atomic E-state index is 0. The van der Waals surface area contributed by atoms with Crippen LogP contribution >= 0.6 is 12.4 Å². The van der Waals surface area contributed by atoms with E-state index >= 15 is 0 Å². The van der Waals surface area contributed by atoms with Crippen LogP contribution in [0.3, 0.4) is 0 Å². The maximum Gasteiger partial charge on any atom is 0.326 e. The predicted molar refractivity (Wildman–Crippen MR) is 107 cm³/mol. The van der Waals surface area contributed by atoms with Crippen LogP contribution in [-0.2, 0) is 11.2 Å². The molecule has 3 rings (SSSR count). The van der Waals surface area contributed by atoms with Crippen molar-refractivity contribution in [3.63, 3.8) is 0 Å². The number of halogens is 1. The monoisotopic (exact) mass is 388 g/mol. The van der Waals surface area contributed by atoms with E-state index in [4.69, 9.17) is 4.74 Å². The van der Waals surface area contributed by atoms with Crippen LogP contribution in [0.4, 0.5) is 5.69 Å². The molecule has 0 saturated carbocycles. The van der Waals surface area contributed by atoms with Crippen molar-refractivity contribution < 1.29 is 19.4 Å². The summed E-state index contributed by atoms with van der Waals surface area (Å²) < 4.78 is 5.28. The summed E-state index contributed by atoms with van der Waals surface area (Å²) in [5.74, 6) is -0.464. The summed E-state index contributed by atoms with van der Waals surface area (Å²) >= 11 is 0. The number of fused-ring (bicyclic) bond motifs is 1. The highest BCUT2D eigenvalue weighted by Crippen LogP contribution is 2.27. The average Bonchev–Trinajstić information content (AvgIpc) is 3.04. The molecule has 3 N–H and O–H groups in total. The van der Waals surface area contributed by atoms with Gasteiger partial charge in [0.15, 0.2) is 5.78 Å². The Balaban J connectivity index is 0.00000261. The van der Waals surface area contributed by atoms with Gasteiger partial charge in [0.25, 0.3) is 0 Å². The Kier molecular flexibility index (Phi) is 6.47. The molecular formula is C20H21ClN2O4. The molecule has 1 aromatic heterocycles. The van der Waals surface area contributed by atoms with Gasteiger partial charge in [0.2, 0.25) is 0 Å². The molecular weight excluding hydrogens is 368 g/mol. The Morgan fingerprint density at radius 2 is 1.93 bits per heavy atom. The molecule has 27 heavy (non-hydrogen) atoms. The first-order valence-corrected chi connectivity index (χ1v) is 8.23. The fourth-order valence-electron chi connectivity index (χ4n) is 3.08. The molecule has 6 nitrogen and oxygen atoms in total. The van der Waals surface area contributed by atoms with Crippen LogP contribution in [0.2, 0.25) is 0 Å². The van der Waals surface area contributed by atoms with Crippen molar-refractivity contribution in [2.75, 3.05) is 12.4 Å². The smallest absolute Gasteiger partial charge is 0.326 e. The molecule has 0 bridgehead atoms. The highest BCUT2D eigenvalue weighted by molar-refractivity contribution is 6.07. The Bertz CT molecular complexity index is 968. The number of nitrogens with one attached hydrogen (secondary N) is 2.